The van der Waals surface area contributed by atoms with Crippen molar-refractivity contribution < 1.29 is 4.79 Å². The summed E-state index contributed by atoms with van der Waals surface area (Å²) in [6.07, 6.45) is 0. The third kappa shape index (κ3) is 4.07. The van der Waals surface area contributed by atoms with Crippen LogP contribution in [0.5, 0.6) is 0 Å². The second-order valence-corrected chi connectivity index (χ2v) is 6.84. The second kappa shape index (κ2) is 6.56. The van der Waals surface area contributed by atoms with Crippen LogP contribution in [0.15, 0.2) is 28.0 Å². The highest BCUT2D eigenvalue weighted by molar-refractivity contribution is 8.02. The number of benzene rings is 1. The Bertz CT molecular complexity index is 577. The monoisotopic (exact) mass is 333 g/mol. The van der Waals surface area contributed by atoms with E-state index in [-0.39, 0.29) is 11.2 Å². The van der Waals surface area contributed by atoms with Gasteiger partial charge in [-0.2, -0.15) is 0 Å². The number of aromatic nitrogens is 2. The number of carbonyl (C=O) groups is 1. The van der Waals surface area contributed by atoms with E-state index in [0.717, 1.165) is 4.34 Å². The molecule has 0 spiro atoms. The molecule has 0 saturated carbocycles. The van der Waals surface area contributed by atoms with Crippen LogP contribution in [-0.4, -0.2) is 21.4 Å². The molecule has 0 bridgehead atoms. The van der Waals surface area contributed by atoms with E-state index in [1.54, 1.807) is 30.6 Å². The Balaban J connectivity index is 2.02. The molecule has 19 heavy (non-hydrogen) atoms. The molecule has 1 aromatic heterocycles. The number of thioether (sulfide) groups is 1. The third-order valence-corrected chi connectivity index (χ3v) is 4.65. The van der Waals surface area contributed by atoms with Gasteiger partial charge in [-0.3, -0.25) is 4.79 Å². The molecule has 1 atom stereocenters. The molecule has 1 aromatic carbocycles. The van der Waals surface area contributed by atoms with Crippen LogP contribution in [0.4, 0.5) is 5.69 Å². The highest BCUT2D eigenvalue weighted by Crippen LogP contribution is 2.28. The topological polar surface area (TPSA) is 54.9 Å². The zero-order chi connectivity index (χ0) is 13.8. The fourth-order valence-electron chi connectivity index (χ4n) is 1.25. The molecule has 0 fully saturated rings. The Hall–Kier alpha value is -0.820. The Kier molecular flexibility index (Phi) is 5.04. The molecule has 1 amide bonds. The molecule has 0 unspecified atom stereocenters. The van der Waals surface area contributed by atoms with Gasteiger partial charge in [-0.1, -0.05) is 46.3 Å². The van der Waals surface area contributed by atoms with Gasteiger partial charge >= 0.3 is 0 Å². The van der Waals surface area contributed by atoms with Gasteiger partial charge in [-0.25, -0.2) is 0 Å². The predicted molar refractivity (Wildman–Crippen MR) is 80.3 cm³/mol. The van der Waals surface area contributed by atoms with Crippen LogP contribution >= 0.6 is 46.3 Å². The maximum atomic E-state index is 12.0. The van der Waals surface area contributed by atoms with Crippen molar-refractivity contribution in [1.82, 2.24) is 10.2 Å². The number of halogens is 2. The maximum Gasteiger partial charge on any atom is 0.237 e. The second-order valence-electron chi connectivity index (χ2n) is 3.58. The van der Waals surface area contributed by atoms with E-state index in [0.29, 0.717) is 15.7 Å². The summed E-state index contributed by atoms with van der Waals surface area (Å²) in [6, 6.07) is 4.92. The summed E-state index contributed by atoms with van der Waals surface area (Å²) in [4.78, 5) is 12.0. The van der Waals surface area contributed by atoms with Crippen LogP contribution in [0.1, 0.15) is 6.92 Å². The molecule has 2 rings (SSSR count). The van der Waals surface area contributed by atoms with Crippen molar-refractivity contribution in [3.8, 4) is 0 Å². The van der Waals surface area contributed by atoms with Crippen LogP contribution in [0.3, 0.4) is 0 Å². The van der Waals surface area contributed by atoms with E-state index in [9.17, 15) is 4.79 Å². The summed E-state index contributed by atoms with van der Waals surface area (Å²) in [7, 11) is 0. The molecule has 1 N–H and O–H groups in total. The first-order valence-electron chi connectivity index (χ1n) is 5.25. The summed E-state index contributed by atoms with van der Waals surface area (Å²) in [6.45, 7) is 1.79. The number of rotatable bonds is 4. The first kappa shape index (κ1) is 14.6. The van der Waals surface area contributed by atoms with Crippen molar-refractivity contribution in [1.29, 1.82) is 0 Å². The number of carbonyl (C=O) groups excluding carboxylic acids is 1. The normalized spacial score (nSPS) is 12.2. The van der Waals surface area contributed by atoms with E-state index in [1.165, 1.54) is 23.1 Å². The Morgan fingerprint density at radius 1 is 1.47 bits per heavy atom. The number of amides is 1. The van der Waals surface area contributed by atoms with Gasteiger partial charge in [0.1, 0.15) is 5.51 Å². The summed E-state index contributed by atoms with van der Waals surface area (Å²) in [5, 5.41) is 11.0. The average molecular weight is 334 g/mol. The highest BCUT2D eigenvalue weighted by atomic mass is 35.5. The fourth-order valence-corrected chi connectivity index (χ4v) is 3.21. The first-order chi connectivity index (χ1) is 9.06. The molecule has 8 heteroatoms. The van der Waals surface area contributed by atoms with Crippen molar-refractivity contribution in [2.75, 3.05) is 5.32 Å². The van der Waals surface area contributed by atoms with Crippen LogP contribution in [0, 0.1) is 0 Å². The smallest absolute Gasteiger partial charge is 0.237 e. The highest BCUT2D eigenvalue weighted by Gasteiger charge is 2.17. The number of hydrogen-bond acceptors (Lipinski definition) is 5. The van der Waals surface area contributed by atoms with Crippen molar-refractivity contribution in [2.45, 2.75) is 16.5 Å². The minimum Gasteiger partial charge on any atom is -0.324 e. The molecule has 4 nitrogen and oxygen atoms in total. The zero-order valence-corrected chi connectivity index (χ0v) is 12.9. The van der Waals surface area contributed by atoms with E-state index in [1.807, 2.05) is 0 Å². The van der Waals surface area contributed by atoms with Crippen molar-refractivity contribution in [3.63, 3.8) is 0 Å². The summed E-state index contributed by atoms with van der Waals surface area (Å²) < 4.78 is 0.750. The van der Waals surface area contributed by atoms with E-state index in [2.05, 4.69) is 15.5 Å². The molecule has 0 radical (unpaired) electrons. The van der Waals surface area contributed by atoms with Crippen molar-refractivity contribution in [3.05, 3.63) is 33.8 Å². The lowest BCUT2D eigenvalue weighted by atomic mass is 10.3. The average Bonchev–Trinajstić information content (AvgIpc) is 2.86. The van der Waals surface area contributed by atoms with Gasteiger partial charge in [0.25, 0.3) is 0 Å². The van der Waals surface area contributed by atoms with Crippen molar-refractivity contribution >= 4 is 57.9 Å². The Morgan fingerprint density at radius 2 is 2.26 bits per heavy atom. The molecule has 0 aliphatic carbocycles. The van der Waals surface area contributed by atoms with Gasteiger partial charge in [-0.05, 0) is 25.1 Å². The number of anilines is 1. The molecule has 0 saturated heterocycles. The standard InChI is InChI=1S/C11H9Cl2N3OS2/c1-6(19-11-16-14-5-18-11)10(17)15-9-4-7(12)2-3-8(9)13/h2-6H,1H3,(H,15,17)/t6-/m0/s1. The van der Waals surface area contributed by atoms with Crippen LogP contribution in [-0.2, 0) is 4.79 Å². The molecule has 1 heterocycles. The zero-order valence-electron chi connectivity index (χ0n) is 9.76. The van der Waals surface area contributed by atoms with Crippen molar-refractivity contribution in [2.24, 2.45) is 0 Å². The lowest BCUT2D eigenvalue weighted by Gasteiger charge is -2.11. The molecule has 0 aliphatic heterocycles. The third-order valence-electron chi connectivity index (χ3n) is 2.17. The molecule has 2 aromatic rings. The van der Waals surface area contributed by atoms with Gasteiger partial charge in [0.2, 0.25) is 5.91 Å². The lowest BCUT2D eigenvalue weighted by molar-refractivity contribution is -0.115. The summed E-state index contributed by atoms with van der Waals surface area (Å²) in [5.74, 6) is -0.163. The predicted octanol–water partition coefficient (Wildman–Crippen LogP) is 3.96. The molecule has 0 aliphatic rings. The van der Waals surface area contributed by atoms with Crippen LogP contribution in [0.2, 0.25) is 10.0 Å². The van der Waals surface area contributed by atoms with Crippen LogP contribution < -0.4 is 5.32 Å². The maximum absolute atomic E-state index is 12.0. The van der Waals surface area contributed by atoms with Gasteiger partial charge in [0.15, 0.2) is 4.34 Å². The van der Waals surface area contributed by atoms with E-state index in [4.69, 9.17) is 23.2 Å². The minimum absolute atomic E-state index is 0.163. The van der Waals surface area contributed by atoms with Gasteiger partial charge in [0, 0.05) is 5.02 Å². The Labute approximate surface area is 128 Å². The fraction of sp³-hybridized carbons (Fsp3) is 0.182. The van der Waals surface area contributed by atoms with Crippen LogP contribution in [0.25, 0.3) is 0 Å². The quantitative estimate of drug-likeness (QED) is 0.860. The minimum atomic E-state index is -0.303. The lowest BCUT2D eigenvalue weighted by Crippen LogP contribution is -2.22. The van der Waals surface area contributed by atoms with E-state index >= 15 is 0 Å². The number of hydrogen-bond donors (Lipinski definition) is 1. The number of nitrogens with zero attached hydrogens (tertiary/aromatic N) is 2. The van der Waals surface area contributed by atoms with Gasteiger partial charge in [-0.15, -0.1) is 10.2 Å². The SMILES string of the molecule is C[C@H](Sc1nncs1)C(=O)Nc1cc(Cl)ccc1Cl. The first-order valence-corrected chi connectivity index (χ1v) is 7.76. The number of nitrogens with one attached hydrogen (secondary N) is 1. The molecular formula is C11H9Cl2N3OS2. The van der Waals surface area contributed by atoms with E-state index < -0.39 is 0 Å². The summed E-state index contributed by atoms with van der Waals surface area (Å²) >= 11 is 14.6. The van der Waals surface area contributed by atoms with Gasteiger partial charge in [0.05, 0.1) is 16.0 Å². The molecule has 100 valence electrons. The summed E-state index contributed by atoms with van der Waals surface area (Å²) in [5.41, 5.74) is 2.13. The Morgan fingerprint density at radius 3 is 2.95 bits per heavy atom. The van der Waals surface area contributed by atoms with Gasteiger partial charge < -0.3 is 5.32 Å². The molecular weight excluding hydrogens is 325 g/mol. The largest absolute Gasteiger partial charge is 0.324 e.